The number of nitro groups is 1. The standard InChI is InChI=1S/C11H9N3O4/c15-7-9-2-1-3-10(6-9)18-8-13-5-4-11(12-13)14(16)17/h1-7H,8H2. The third-order valence-electron chi connectivity index (χ3n) is 2.17. The second-order valence-corrected chi connectivity index (χ2v) is 3.43. The average molecular weight is 247 g/mol. The largest absolute Gasteiger partial charge is 0.469 e. The molecule has 92 valence electrons. The summed E-state index contributed by atoms with van der Waals surface area (Å²) in [4.78, 5) is 20.4. The third kappa shape index (κ3) is 2.70. The number of nitrogens with zero attached hydrogens (tertiary/aromatic N) is 3. The predicted octanol–water partition coefficient (Wildman–Crippen LogP) is 1.64. The normalized spacial score (nSPS) is 10.0. The molecule has 0 N–H and O–H groups in total. The zero-order valence-electron chi connectivity index (χ0n) is 9.22. The fraction of sp³-hybridized carbons (Fsp3) is 0.0909. The Balaban J connectivity index is 2.01. The number of aldehydes is 1. The summed E-state index contributed by atoms with van der Waals surface area (Å²) in [5, 5.41) is 14.1. The first-order valence-corrected chi connectivity index (χ1v) is 5.05. The van der Waals surface area contributed by atoms with Gasteiger partial charge in [-0.3, -0.25) is 4.79 Å². The van der Waals surface area contributed by atoms with Crippen LogP contribution in [0.2, 0.25) is 0 Å². The van der Waals surface area contributed by atoms with Crippen LogP contribution < -0.4 is 4.74 Å². The molecule has 0 aliphatic heterocycles. The molecule has 0 radical (unpaired) electrons. The Labute approximate surface area is 102 Å². The van der Waals surface area contributed by atoms with Crippen LogP contribution in [0.25, 0.3) is 0 Å². The maximum Gasteiger partial charge on any atom is 0.390 e. The quantitative estimate of drug-likeness (QED) is 0.455. The lowest BCUT2D eigenvalue weighted by atomic mass is 10.2. The van der Waals surface area contributed by atoms with Gasteiger partial charge in [-0.15, -0.1) is 4.68 Å². The van der Waals surface area contributed by atoms with Crippen molar-refractivity contribution in [2.75, 3.05) is 0 Å². The molecule has 0 aliphatic rings. The van der Waals surface area contributed by atoms with Crippen LogP contribution in [0.15, 0.2) is 36.5 Å². The highest BCUT2D eigenvalue weighted by Gasteiger charge is 2.10. The highest BCUT2D eigenvalue weighted by molar-refractivity contribution is 5.75. The molecule has 0 saturated carbocycles. The van der Waals surface area contributed by atoms with Crippen LogP contribution in [0.3, 0.4) is 0 Å². The van der Waals surface area contributed by atoms with Crippen molar-refractivity contribution in [1.82, 2.24) is 9.78 Å². The molecule has 1 heterocycles. The van der Waals surface area contributed by atoms with Gasteiger partial charge >= 0.3 is 5.82 Å². The van der Waals surface area contributed by atoms with E-state index in [9.17, 15) is 14.9 Å². The zero-order chi connectivity index (χ0) is 13.0. The minimum Gasteiger partial charge on any atom is -0.469 e. The van der Waals surface area contributed by atoms with Crippen molar-refractivity contribution in [2.24, 2.45) is 0 Å². The van der Waals surface area contributed by atoms with Gasteiger partial charge in [-0.25, -0.2) is 0 Å². The van der Waals surface area contributed by atoms with Gasteiger partial charge in [-0.1, -0.05) is 12.1 Å². The van der Waals surface area contributed by atoms with Gasteiger partial charge in [0.1, 0.15) is 12.0 Å². The Morgan fingerprint density at radius 3 is 2.94 bits per heavy atom. The van der Waals surface area contributed by atoms with E-state index < -0.39 is 4.92 Å². The molecule has 0 spiro atoms. The summed E-state index contributed by atoms with van der Waals surface area (Å²) in [5.74, 6) is 0.262. The van der Waals surface area contributed by atoms with Crippen molar-refractivity contribution in [3.63, 3.8) is 0 Å². The van der Waals surface area contributed by atoms with E-state index >= 15 is 0 Å². The molecule has 0 amide bonds. The lowest BCUT2D eigenvalue weighted by molar-refractivity contribution is -0.389. The first kappa shape index (κ1) is 11.8. The molecule has 0 bridgehead atoms. The summed E-state index contributed by atoms with van der Waals surface area (Å²) in [7, 11) is 0. The van der Waals surface area contributed by atoms with E-state index in [1.807, 2.05) is 0 Å². The number of ether oxygens (including phenoxy) is 1. The number of benzene rings is 1. The molecular formula is C11H9N3O4. The maximum atomic E-state index is 10.6. The lowest BCUT2D eigenvalue weighted by Gasteiger charge is -2.03. The van der Waals surface area contributed by atoms with Gasteiger partial charge in [-0.2, -0.15) is 0 Å². The van der Waals surface area contributed by atoms with Crippen LogP contribution in [-0.2, 0) is 6.73 Å². The molecule has 1 aromatic heterocycles. The fourth-order valence-electron chi connectivity index (χ4n) is 1.34. The van der Waals surface area contributed by atoms with Gasteiger partial charge in [0, 0.05) is 5.56 Å². The molecule has 18 heavy (non-hydrogen) atoms. The van der Waals surface area contributed by atoms with E-state index in [1.165, 1.54) is 16.9 Å². The Kier molecular flexibility index (Phi) is 3.33. The van der Waals surface area contributed by atoms with Crippen molar-refractivity contribution in [1.29, 1.82) is 0 Å². The fourth-order valence-corrected chi connectivity index (χ4v) is 1.34. The van der Waals surface area contributed by atoms with Gasteiger partial charge in [0.25, 0.3) is 0 Å². The third-order valence-corrected chi connectivity index (χ3v) is 2.17. The molecule has 1 aromatic carbocycles. The first-order chi connectivity index (χ1) is 8.69. The van der Waals surface area contributed by atoms with Crippen molar-refractivity contribution in [3.05, 3.63) is 52.2 Å². The van der Waals surface area contributed by atoms with E-state index in [2.05, 4.69) is 5.10 Å². The second kappa shape index (κ2) is 5.09. The second-order valence-electron chi connectivity index (χ2n) is 3.43. The van der Waals surface area contributed by atoms with Crippen molar-refractivity contribution >= 4 is 12.1 Å². The van der Waals surface area contributed by atoms with Crippen molar-refractivity contribution in [3.8, 4) is 5.75 Å². The molecule has 0 unspecified atom stereocenters. The molecular weight excluding hydrogens is 238 g/mol. The summed E-state index contributed by atoms with van der Waals surface area (Å²) < 4.78 is 6.64. The number of aromatic nitrogens is 2. The van der Waals surface area contributed by atoms with Gasteiger partial charge in [0.05, 0.1) is 17.4 Å². The molecule has 2 aromatic rings. The molecule has 0 aliphatic carbocycles. The van der Waals surface area contributed by atoms with Crippen molar-refractivity contribution in [2.45, 2.75) is 6.73 Å². The Bertz CT molecular complexity index is 579. The Hall–Kier alpha value is -2.70. The summed E-state index contributed by atoms with van der Waals surface area (Å²) in [6.07, 6.45) is 2.16. The van der Waals surface area contributed by atoms with E-state index in [4.69, 9.17) is 4.74 Å². The number of hydrogen-bond acceptors (Lipinski definition) is 5. The molecule has 0 fully saturated rings. The monoisotopic (exact) mass is 247 g/mol. The van der Waals surface area contributed by atoms with Crippen LogP contribution >= 0.6 is 0 Å². The number of carbonyl (C=O) groups excluding carboxylic acids is 1. The Morgan fingerprint density at radius 2 is 2.28 bits per heavy atom. The van der Waals surface area contributed by atoms with Crippen molar-refractivity contribution < 1.29 is 14.5 Å². The van der Waals surface area contributed by atoms with Gasteiger partial charge in [0.2, 0.25) is 6.73 Å². The SMILES string of the molecule is O=Cc1cccc(OCn2ccc([N+](=O)[O-])n2)c1. The molecule has 7 nitrogen and oxygen atoms in total. The van der Waals surface area contributed by atoms with Gasteiger partial charge in [0.15, 0.2) is 0 Å². The summed E-state index contributed by atoms with van der Waals surface area (Å²) in [5.41, 5.74) is 0.499. The lowest BCUT2D eigenvalue weighted by Crippen LogP contribution is -2.06. The highest BCUT2D eigenvalue weighted by atomic mass is 16.6. The van der Waals surface area contributed by atoms with Gasteiger partial charge in [-0.05, 0) is 17.1 Å². The number of carbonyl (C=O) groups is 1. The van der Waals surface area contributed by atoms with E-state index in [-0.39, 0.29) is 12.5 Å². The molecule has 7 heteroatoms. The number of hydrogen-bond donors (Lipinski definition) is 0. The van der Waals surface area contributed by atoms with Crippen LogP contribution in [0.4, 0.5) is 5.82 Å². The van der Waals surface area contributed by atoms with Crippen LogP contribution in [0.5, 0.6) is 5.75 Å². The van der Waals surface area contributed by atoms with E-state index in [0.29, 0.717) is 17.6 Å². The maximum absolute atomic E-state index is 10.6. The van der Waals surface area contributed by atoms with Crippen LogP contribution in [-0.4, -0.2) is 21.0 Å². The topological polar surface area (TPSA) is 87.3 Å². The highest BCUT2D eigenvalue weighted by Crippen LogP contribution is 2.13. The molecule has 2 rings (SSSR count). The van der Waals surface area contributed by atoms with Crippen LogP contribution in [0.1, 0.15) is 10.4 Å². The first-order valence-electron chi connectivity index (χ1n) is 5.05. The molecule has 0 saturated heterocycles. The zero-order valence-corrected chi connectivity index (χ0v) is 9.22. The number of rotatable bonds is 5. The summed E-state index contributed by atoms with van der Waals surface area (Å²) >= 11 is 0. The summed E-state index contributed by atoms with van der Waals surface area (Å²) in [6, 6.07) is 7.88. The molecule has 0 atom stereocenters. The van der Waals surface area contributed by atoms with Gasteiger partial charge < -0.3 is 14.9 Å². The van der Waals surface area contributed by atoms with E-state index in [1.54, 1.807) is 24.3 Å². The minimum absolute atomic E-state index is 0.0378. The summed E-state index contributed by atoms with van der Waals surface area (Å²) in [6.45, 7) is 0.0378. The van der Waals surface area contributed by atoms with E-state index in [0.717, 1.165) is 0 Å². The Morgan fingerprint density at radius 1 is 1.44 bits per heavy atom. The smallest absolute Gasteiger partial charge is 0.390 e. The van der Waals surface area contributed by atoms with Crippen LogP contribution in [0, 0.1) is 10.1 Å². The minimum atomic E-state index is -0.580. The predicted molar refractivity (Wildman–Crippen MR) is 61.3 cm³/mol. The average Bonchev–Trinajstić information content (AvgIpc) is 2.85.